The SMILES string of the molecule is COC(=O)c1cccc(Sc2nnnn2C)c1N. The number of nitrogen functional groups attached to an aromatic ring is 1. The van der Waals surface area contributed by atoms with Crippen LogP contribution in [0.5, 0.6) is 0 Å². The molecule has 0 unspecified atom stereocenters. The van der Waals surface area contributed by atoms with Gasteiger partial charge in [-0.15, -0.1) is 5.10 Å². The molecule has 0 bridgehead atoms. The number of carbonyl (C=O) groups excluding carboxylic acids is 1. The van der Waals surface area contributed by atoms with E-state index in [-0.39, 0.29) is 0 Å². The molecule has 2 N–H and O–H groups in total. The van der Waals surface area contributed by atoms with Gasteiger partial charge in [0.2, 0.25) is 5.16 Å². The number of ether oxygens (including phenoxy) is 1. The summed E-state index contributed by atoms with van der Waals surface area (Å²) in [5.74, 6) is -0.467. The third-order valence-electron chi connectivity index (χ3n) is 2.25. The Bertz CT molecular complexity index is 583. The van der Waals surface area contributed by atoms with Gasteiger partial charge in [-0.05, 0) is 34.3 Å². The fraction of sp³-hybridized carbons (Fsp3) is 0.200. The number of hydrogen-bond donors (Lipinski definition) is 1. The van der Waals surface area contributed by atoms with Crippen LogP contribution < -0.4 is 5.73 Å². The Kier molecular flexibility index (Phi) is 3.47. The topological polar surface area (TPSA) is 95.9 Å². The van der Waals surface area contributed by atoms with Crippen LogP contribution in [0.25, 0.3) is 0 Å². The molecule has 0 saturated heterocycles. The predicted octanol–water partition coefficient (Wildman–Crippen LogP) is 0.730. The van der Waals surface area contributed by atoms with Crippen LogP contribution in [0.15, 0.2) is 28.3 Å². The van der Waals surface area contributed by atoms with Crippen molar-refractivity contribution in [1.82, 2.24) is 20.2 Å². The lowest BCUT2D eigenvalue weighted by molar-refractivity contribution is 0.0601. The van der Waals surface area contributed by atoms with E-state index in [1.54, 1.807) is 25.2 Å². The standard InChI is InChI=1S/C10H11N5O2S/c1-15-10(12-13-14-15)18-7-5-3-4-6(8(7)11)9(16)17-2/h3-5H,11H2,1-2H3. The molecule has 1 aromatic heterocycles. The predicted molar refractivity (Wildman–Crippen MR) is 65.1 cm³/mol. The van der Waals surface area contributed by atoms with E-state index in [1.807, 2.05) is 0 Å². The number of benzene rings is 1. The van der Waals surface area contributed by atoms with Crippen molar-refractivity contribution in [1.29, 1.82) is 0 Å². The lowest BCUT2D eigenvalue weighted by Crippen LogP contribution is -2.06. The molecule has 0 spiro atoms. The number of esters is 1. The lowest BCUT2D eigenvalue weighted by Gasteiger charge is -2.08. The highest BCUT2D eigenvalue weighted by molar-refractivity contribution is 7.99. The zero-order valence-electron chi connectivity index (χ0n) is 9.82. The summed E-state index contributed by atoms with van der Waals surface area (Å²) in [6, 6.07) is 5.13. The van der Waals surface area contributed by atoms with Crippen LogP contribution in [-0.2, 0) is 11.8 Å². The minimum atomic E-state index is -0.467. The maximum Gasteiger partial charge on any atom is 0.339 e. The number of rotatable bonds is 3. The van der Waals surface area contributed by atoms with Crippen molar-refractivity contribution in [3.05, 3.63) is 23.8 Å². The molecular weight excluding hydrogens is 254 g/mol. The van der Waals surface area contributed by atoms with E-state index in [0.29, 0.717) is 21.3 Å². The second-order valence-corrected chi connectivity index (χ2v) is 4.41. The van der Waals surface area contributed by atoms with Gasteiger partial charge in [0.25, 0.3) is 0 Å². The molecule has 0 fully saturated rings. The number of aromatic nitrogens is 4. The van der Waals surface area contributed by atoms with Crippen LogP contribution in [-0.4, -0.2) is 33.3 Å². The average molecular weight is 265 g/mol. The van der Waals surface area contributed by atoms with E-state index in [2.05, 4.69) is 20.3 Å². The molecule has 1 heterocycles. The fourth-order valence-corrected chi connectivity index (χ4v) is 2.14. The van der Waals surface area contributed by atoms with Crippen LogP contribution in [0.2, 0.25) is 0 Å². The number of tetrazole rings is 1. The third-order valence-corrected chi connectivity index (χ3v) is 3.36. The van der Waals surface area contributed by atoms with Crippen LogP contribution in [0.4, 0.5) is 5.69 Å². The molecule has 7 nitrogen and oxygen atoms in total. The third kappa shape index (κ3) is 2.28. The quantitative estimate of drug-likeness (QED) is 0.645. The fourth-order valence-electron chi connectivity index (χ4n) is 1.33. The number of hydrogen-bond acceptors (Lipinski definition) is 7. The van der Waals surface area contributed by atoms with Gasteiger partial charge in [-0.3, -0.25) is 0 Å². The van der Waals surface area contributed by atoms with Gasteiger partial charge >= 0.3 is 5.97 Å². The number of carbonyl (C=O) groups is 1. The Morgan fingerprint density at radius 3 is 2.89 bits per heavy atom. The highest BCUT2D eigenvalue weighted by Crippen LogP contribution is 2.32. The van der Waals surface area contributed by atoms with Crippen molar-refractivity contribution in [3.63, 3.8) is 0 Å². The van der Waals surface area contributed by atoms with Gasteiger partial charge in [-0.1, -0.05) is 6.07 Å². The van der Waals surface area contributed by atoms with E-state index in [4.69, 9.17) is 5.73 Å². The molecule has 0 saturated carbocycles. The van der Waals surface area contributed by atoms with Crippen molar-refractivity contribution in [2.24, 2.45) is 7.05 Å². The van der Waals surface area contributed by atoms with Crippen LogP contribution in [0.3, 0.4) is 0 Å². The van der Waals surface area contributed by atoms with Crippen LogP contribution in [0.1, 0.15) is 10.4 Å². The van der Waals surface area contributed by atoms with E-state index in [1.165, 1.54) is 23.6 Å². The Morgan fingerprint density at radius 2 is 2.28 bits per heavy atom. The number of nitrogens with two attached hydrogens (primary N) is 1. The second kappa shape index (κ2) is 5.05. The van der Waals surface area contributed by atoms with Crippen LogP contribution >= 0.6 is 11.8 Å². The minimum Gasteiger partial charge on any atom is -0.465 e. The van der Waals surface area contributed by atoms with E-state index >= 15 is 0 Å². The summed E-state index contributed by atoms with van der Waals surface area (Å²) in [5, 5.41) is 11.7. The minimum absolute atomic E-state index is 0.331. The first-order chi connectivity index (χ1) is 8.63. The summed E-state index contributed by atoms with van der Waals surface area (Å²) in [6.45, 7) is 0. The lowest BCUT2D eigenvalue weighted by atomic mass is 10.2. The Hall–Kier alpha value is -2.09. The van der Waals surface area contributed by atoms with Crippen molar-refractivity contribution >= 4 is 23.4 Å². The smallest absolute Gasteiger partial charge is 0.339 e. The molecule has 0 aliphatic carbocycles. The molecule has 0 aliphatic heterocycles. The molecule has 2 aromatic rings. The van der Waals surface area contributed by atoms with Crippen molar-refractivity contribution in [2.75, 3.05) is 12.8 Å². The second-order valence-electron chi connectivity index (χ2n) is 3.40. The van der Waals surface area contributed by atoms with Gasteiger partial charge in [0, 0.05) is 11.9 Å². The molecule has 2 rings (SSSR count). The van der Waals surface area contributed by atoms with Crippen LogP contribution in [0, 0.1) is 0 Å². The largest absolute Gasteiger partial charge is 0.465 e. The van der Waals surface area contributed by atoms with Gasteiger partial charge in [-0.25, -0.2) is 9.48 Å². The molecule has 94 valence electrons. The number of nitrogens with zero attached hydrogens (tertiary/aromatic N) is 4. The summed E-state index contributed by atoms with van der Waals surface area (Å²) in [6.07, 6.45) is 0. The summed E-state index contributed by atoms with van der Waals surface area (Å²) in [5.41, 5.74) is 6.62. The molecule has 0 atom stereocenters. The van der Waals surface area contributed by atoms with Crippen molar-refractivity contribution in [2.45, 2.75) is 10.1 Å². The maximum atomic E-state index is 11.5. The van der Waals surface area contributed by atoms with Crippen molar-refractivity contribution in [3.8, 4) is 0 Å². The highest BCUT2D eigenvalue weighted by atomic mass is 32.2. The Labute approximate surface area is 107 Å². The molecule has 8 heteroatoms. The van der Waals surface area contributed by atoms with E-state index in [0.717, 1.165) is 0 Å². The molecule has 0 aliphatic rings. The maximum absolute atomic E-state index is 11.5. The highest BCUT2D eigenvalue weighted by Gasteiger charge is 2.15. The first-order valence-corrected chi connectivity index (χ1v) is 5.82. The molecule has 0 amide bonds. The number of para-hydroxylation sites is 1. The first-order valence-electron chi connectivity index (χ1n) is 5.00. The average Bonchev–Trinajstić information content (AvgIpc) is 2.77. The van der Waals surface area contributed by atoms with E-state index in [9.17, 15) is 4.79 Å². The monoisotopic (exact) mass is 265 g/mol. The molecule has 18 heavy (non-hydrogen) atoms. The van der Waals surface area contributed by atoms with Gasteiger partial charge in [0.1, 0.15) is 0 Å². The Morgan fingerprint density at radius 1 is 1.50 bits per heavy atom. The zero-order chi connectivity index (χ0) is 13.1. The van der Waals surface area contributed by atoms with Gasteiger partial charge in [0.05, 0.1) is 18.4 Å². The van der Waals surface area contributed by atoms with Gasteiger partial charge in [0.15, 0.2) is 0 Å². The Balaban J connectivity index is 2.35. The number of aryl methyl sites for hydroxylation is 1. The zero-order valence-corrected chi connectivity index (χ0v) is 10.6. The normalized spacial score (nSPS) is 10.3. The molecular formula is C10H11N5O2S. The number of anilines is 1. The number of methoxy groups -OCH3 is 1. The molecule has 1 aromatic carbocycles. The summed E-state index contributed by atoms with van der Waals surface area (Å²) in [4.78, 5) is 12.2. The van der Waals surface area contributed by atoms with Crippen molar-refractivity contribution < 1.29 is 9.53 Å². The van der Waals surface area contributed by atoms with Gasteiger partial charge in [-0.2, -0.15) is 0 Å². The summed E-state index contributed by atoms with van der Waals surface area (Å²) < 4.78 is 6.18. The first kappa shape index (κ1) is 12.4. The van der Waals surface area contributed by atoms with E-state index < -0.39 is 5.97 Å². The summed E-state index contributed by atoms with van der Waals surface area (Å²) >= 11 is 1.28. The summed E-state index contributed by atoms with van der Waals surface area (Å²) in [7, 11) is 3.04. The van der Waals surface area contributed by atoms with Gasteiger partial charge < -0.3 is 10.5 Å². The molecule has 0 radical (unpaired) electrons.